The molecule has 1 aliphatic heterocycles. The molecule has 3 heterocycles. The molecular formula is C43H54N8O6. The molecule has 0 spiro atoms. The fourth-order valence-corrected chi connectivity index (χ4v) is 6.38. The highest BCUT2D eigenvalue weighted by Crippen LogP contribution is 2.43. The van der Waals surface area contributed by atoms with Crippen LogP contribution in [-0.4, -0.2) is 88.7 Å². The van der Waals surface area contributed by atoms with Crippen molar-refractivity contribution in [2.24, 2.45) is 11.8 Å². The molecule has 2 atom stereocenters. The van der Waals surface area contributed by atoms with Crippen molar-refractivity contribution >= 4 is 35.0 Å². The van der Waals surface area contributed by atoms with E-state index < -0.39 is 18.2 Å². The molecule has 2 unspecified atom stereocenters. The van der Waals surface area contributed by atoms with Gasteiger partial charge in [-0.15, -0.1) is 0 Å². The number of fused-ring (bicyclic) bond motifs is 1. The number of ether oxygens (including phenoxy) is 2. The number of aromatic amines is 2. The maximum Gasteiger partial charge on any atom is 0.407 e. The van der Waals surface area contributed by atoms with Crippen LogP contribution in [0.15, 0.2) is 60.3 Å². The predicted molar refractivity (Wildman–Crippen MR) is 218 cm³/mol. The van der Waals surface area contributed by atoms with Gasteiger partial charge in [-0.3, -0.25) is 9.59 Å². The summed E-state index contributed by atoms with van der Waals surface area (Å²) in [6.07, 6.45) is 8.50. The topological polar surface area (TPSA) is 183 Å². The second-order valence-electron chi connectivity index (χ2n) is 14.6. The van der Waals surface area contributed by atoms with Gasteiger partial charge in [-0.25, -0.2) is 19.6 Å². The lowest BCUT2D eigenvalue weighted by atomic mass is 10.0. The molecule has 4 aromatic rings. The number of aryl methyl sites for hydroxylation is 1. The Bertz CT molecular complexity index is 2100. The third kappa shape index (κ3) is 11.7. The van der Waals surface area contributed by atoms with Gasteiger partial charge in [0, 0.05) is 30.6 Å². The number of nitrogens with zero attached hydrogens (tertiary/aromatic N) is 3. The summed E-state index contributed by atoms with van der Waals surface area (Å²) in [4.78, 5) is 66.7. The molecule has 14 heteroatoms. The van der Waals surface area contributed by atoms with Crippen LogP contribution in [0.25, 0.3) is 22.3 Å². The van der Waals surface area contributed by atoms with Crippen molar-refractivity contribution in [2.75, 3.05) is 33.9 Å². The van der Waals surface area contributed by atoms with Crippen LogP contribution >= 0.6 is 0 Å². The Hall–Kier alpha value is -6.10. The van der Waals surface area contributed by atoms with Crippen LogP contribution in [0.3, 0.4) is 0 Å². The second kappa shape index (κ2) is 20.2. The lowest BCUT2D eigenvalue weighted by molar-refractivity contribution is -0.135. The van der Waals surface area contributed by atoms with E-state index in [0.717, 1.165) is 71.3 Å². The van der Waals surface area contributed by atoms with Crippen molar-refractivity contribution in [1.82, 2.24) is 40.8 Å². The van der Waals surface area contributed by atoms with E-state index in [1.807, 2.05) is 56.3 Å². The predicted octanol–water partition coefficient (Wildman–Crippen LogP) is 6.16. The largest absolute Gasteiger partial charge is 0.453 e. The second-order valence-corrected chi connectivity index (χ2v) is 14.6. The number of H-pyrrole nitrogens is 2. The molecule has 1 saturated carbocycles. The number of carbonyl (C=O) groups is 4. The third-order valence-electron chi connectivity index (χ3n) is 9.53. The van der Waals surface area contributed by atoms with E-state index in [4.69, 9.17) is 9.72 Å². The van der Waals surface area contributed by atoms with E-state index >= 15 is 0 Å². The Morgan fingerprint density at radius 3 is 2.32 bits per heavy atom. The lowest BCUT2D eigenvalue weighted by Crippen LogP contribution is -2.51. The zero-order valence-corrected chi connectivity index (χ0v) is 33.7. The number of alkyl carbamates (subject to hydrolysis) is 2. The highest BCUT2D eigenvalue weighted by atomic mass is 16.5. The molecule has 57 heavy (non-hydrogen) atoms. The van der Waals surface area contributed by atoms with Crippen LogP contribution in [0.1, 0.15) is 88.6 Å². The first kappa shape index (κ1) is 42.1. The number of carbonyl (C=O) groups excluding carboxylic acids is 4. The van der Waals surface area contributed by atoms with Crippen LogP contribution in [0.5, 0.6) is 0 Å². The monoisotopic (exact) mass is 778 g/mol. The van der Waals surface area contributed by atoms with Crippen LogP contribution in [0, 0.1) is 23.7 Å². The van der Waals surface area contributed by atoms with E-state index in [1.54, 1.807) is 11.1 Å². The number of amides is 4. The summed E-state index contributed by atoms with van der Waals surface area (Å²) >= 11 is 0. The van der Waals surface area contributed by atoms with Gasteiger partial charge in [0.1, 0.15) is 23.7 Å². The van der Waals surface area contributed by atoms with Gasteiger partial charge in [0.2, 0.25) is 11.8 Å². The van der Waals surface area contributed by atoms with Crippen molar-refractivity contribution < 1.29 is 28.7 Å². The molecule has 2 aliphatic rings. The van der Waals surface area contributed by atoms with Crippen molar-refractivity contribution in [2.45, 2.75) is 78.3 Å². The number of aromatic nitrogens is 4. The molecule has 0 saturated heterocycles. The maximum absolute atomic E-state index is 13.8. The molecule has 2 aromatic heterocycles. The third-order valence-corrected chi connectivity index (χ3v) is 9.53. The van der Waals surface area contributed by atoms with E-state index in [0.29, 0.717) is 24.8 Å². The SMILES string of the molecule is CCC.COC(=O)NCC(=O)NCCCCc1nc2ccc(C#Cc3ccc(-c4cnc(C5C=C(C6CC6)CN5C(=O)C(NC(=O)OC)C(C)C)[nH]4)cc3)cc2[nH]1. The molecule has 2 aromatic carbocycles. The number of imidazole rings is 2. The minimum absolute atomic E-state index is 0.122. The molecule has 0 radical (unpaired) electrons. The quantitative estimate of drug-likeness (QED) is 0.0607. The maximum atomic E-state index is 13.8. The van der Waals surface area contributed by atoms with E-state index in [2.05, 4.69) is 67.4 Å². The number of nitrogens with one attached hydrogen (secondary N) is 5. The Kier molecular flexibility index (Phi) is 14.9. The van der Waals surface area contributed by atoms with Gasteiger partial charge in [0.25, 0.3) is 0 Å². The minimum Gasteiger partial charge on any atom is -0.453 e. The molecular weight excluding hydrogens is 725 g/mol. The van der Waals surface area contributed by atoms with Crippen LogP contribution in [0.2, 0.25) is 0 Å². The lowest BCUT2D eigenvalue weighted by Gasteiger charge is -2.30. The number of methoxy groups -OCH3 is 2. The average Bonchev–Trinajstić information content (AvgIpc) is 3.57. The van der Waals surface area contributed by atoms with Gasteiger partial charge in [-0.1, -0.05) is 64.2 Å². The Morgan fingerprint density at radius 1 is 0.930 bits per heavy atom. The number of hydrogen-bond donors (Lipinski definition) is 5. The molecule has 5 N–H and O–H groups in total. The van der Waals surface area contributed by atoms with Crippen LogP contribution in [0.4, 0.5) is 9.59 Å². The fourth-order valence-electron chi connectivity index (χ4n) is 6.38. The number of hydrogen-bond acceptors (Lipinski definition) is 8. The standard InChI is InChI=1S/C40H46N8O6.C3H8/c1-24(2)36(47-40(52)54-4)38(50)48-23-29(27-15-16-27)20-33(48)37-42-21-32(46-37)28-13-10-25(11-14-28)8-9-26-12-17-30-31(19-26)45-34(44-30)7-5-6-18-41-35(49)22-43-39(51)53-3;1-3-2/h10-14,17,19-21,24,27,33,36H,5-7,15-16,18,22-23H2,1-4H3,(H,41,49)(H,42,46)(H,43,51)(H,44,45)(H,47,52);3H2,1-2H3. The van der Waals surface area contributed by atoms with Crippen LogP contribution < -0.4 is 16.0 Å². The van der Waals surface area contributed by atoms with Gasteiger partial charge in [-0.2, -0.15) is 0 Å². The van der Waals surface area contributed by atoms with Crippen LogP contribution in [-0.2, 0) is 25.5 Å². The highest BCUT2D eigenvalue weighted by Gasteiger charge is 2.41. The summed E-state index contributed by atoms with van der Waals surface area (Å²) in [5, 5.41) is 7.84. The van der Waals surface area contributed by atoms with Gasteiger partial charge < -0.3 is 40.3 Å². The first-order chi connectivity index (χ1) is 27.5. The molecule has 1 aliphatic carbocycles. The Morgan fingerprint density at radius 2 is 1.63 bits per heavy atom. The number of benzene rings is 2. The van der Waals surface area contributed by atoms with E-state index in [9.17, 15) is 19.2 Å². The van der Waals surface area contributed by atoms with Crippen molar-refractivity contribution in [3.05, 3.63) is 83.1 Å². The average molecular weight is 779 g/mol. The summed E-state index contributed by atoms with van der Waals surface area (Å²) in [5.74, 6) is 7.98. The Labute approximate surface area is 334 Å². The van der Waals surface area contributed by atoms with Gasteiger partial charge >= 0.3 is 12.2 Å². The minimum atomic E-state index is -0.719. The summed E-state index contributed by atoms with van der Waals surface area (Å²) in [5.41, 5.74) is 6.51. The zero-order valence-electron chi connectivity index (χ0n) is 33.7. The Balaban J connectivity index is 0.00000200. The molecule has 302 valence electrons. The first-order valence-electron chi connectivity index (χ1n) is 19.6. The smallest absolute Gasteiger partial charge is 0.407 e. The highest BCUT2D eigenvalue weighted by molar-refractivity contribution is 5.87. The summed E-state index contributed by atoms with van der Waals surface area (Å²) in [6, 6.07) is 12.7. The summed E-state index contributed by atoms with van der Waals surface area (Å²) in [7, 11) is 2.54. The zero-order chi connectivity index (χ0) is 40.9. The molecule has 1 fully saturated rings. The summed E-state index contributed by atoms with van der Waals surface area (Å²) in [6.45, 7) is 8.95. The molecule has 4 amide bonds. The number of rotatable bonds is 13. The van der Waals surface area contributed by atoms with E-state index in [1.165, 1.54) is 26.2 Å². The van der Waals surface area contributed by atoms with E-state index in [-0.39, 0.29) is 30.3 Å². The summed E-state index contributed by atoms with van der Waals surface area (Å²) < 4.78 is 9.24. The van der Waals surface area contributed by atoms with Crippen molar-refractivity contribution in [1.29, 1.82) is 0 Å². The molecule has 14 nitrogen and oxygen atoms in total. The van der Waals surface area contributed by atoms with Gasteiger partial charge in [0.05, 0.1) is 43.7 Å². The molecule has 0 bridgehead atoms. The van der Waals surface area contributed by atoms with Gasteiger partial charge in [-0.05, 0) is 79.0 Å². The van der Waals surface area contributed by atoms with Crippen molar-refractivity contribution in [3.63, 3.8) is 0 Å². The van der Waals surface area contributed by atoms with Gasteiger partial charge in [0.15, 0.2) is 0 Å². The first-order valence-corrected chi connectivity index (χ1v) is 19.6. The number of unbranched alkanes of at least 4 members (excludes halogenated alkanes) is 1. The molecule has 6 rings (SSSR count). The fraction of sp³-hybridized carbons (Fsp3) is 0.442. The normalized spacial score (nSPS) is 15.1. The van der Waals surface area contributed by atoms with Crippen molar-refractivity contribution in [3.8, 4) is 23.1 Å².